The van der Waals surface area contributed by atoms with Gasteiger partial charge in [-0.25, -0.2) is 4.98 Å². The molecule has 0 saturated carbocycles. The monoisotopic (exact) mass is 342 g/mol. The van der Waals surface area contributed by atoms with Crippen molar-refractivity contribution in [1.82, 2.24) is 9.38 Å². The Labute approximate surface area is 143 Å². The van der Waals surface area contributed by atoms with Gasteiger partial charge in [0.1, 0.15) is 5.75 Å². The molecule has 0 bridgehead atoms. The zero-order valence-corrected chi connectivity index (χ0v) is 14.0. The molecule has 0 aliphatic rings. The third-order valence-corrected chi connectivity index (χ3v) is 5.00. The molecule has 0 aliphatic heterocycles. The van der Waals surface area contributed by atoms with Crippen LogP contribution in [0.1, 0.15) is 6.42 Å². The molecule has 2 heterocycles. The number of hydrogen-bond donors (Lipinski definition) is 0. The number of para-hydroxylation sites is 1. The highest BCUT2D eigenvalue weighted by Gasteiger charge is 2.09. The van der Waals surface area contributed by atoms with E-state index >= 15 is 0 Å². The molecule has 4 aromatic rings. The Kier molecular flexibility index (Phi) is 3.93. The number of thiazole rings is 1. The molecule has 23 heavy (non-hydrogen) atoms. The SMILES string of the molecule is ClCCCOc1ccc(-c2cn3c(n2)sc2ccccc23)cc1. The number of fused-ring (bicyclic) bond motifs is 3. The molecule has 4 rings (SSSR count). The van der Waals surface area contributed by atoms with Gasteiger partial charge in [0, 0.05) is 17.6 Å². The van der Waals surface area contributed by atoms with Gasteiger partial charge in [0.15, 0.2) is 4.96 Å². The Hall–Kier alpha value is -2.04. The minimum Gasteiger partial charge on any atom is -0.494 e. The number of alkyl halides is 1. The molecule has 5 heteroatoms. The maximum atomic E-state index is 5.65. The summed E-state index contributed by atoms with van der Waals surface area (Å²) < 4.78 is 9.04. The maximum absolute atomic E-state index is 5.65. The van der Waals surface area contributed by atoms with Gasteiger partial charge in [0.05, 0.1) is 22.5 Å². The molecule has 0 aliphatic carbocycles. The molecule has 0 spiro atoms. The molecule has 0 fully saturated rings. The summed E-state index contributed by atoms with van der Waals surface area (Å²) in [5, 5.41) is 0. The fourth-order valence-corrected chi connectivity index (χ4v) is 3.67. The van der Waals surface area contributed by atoms with E-state index in [1.165, 1.54) is 10.2 Å². The number of halogens is 1. The Balaban J connectivity index is 1.63. The Bertz CT molecular complexity index is 943. The Morgan fingerprint density at radius 2 is 1.91 bits per heavy atom. The second kappa shape index (κ2) is 6.22. The van der Waals surface area contributed by atoms with E-state index in [9.17, 15) is 0 Å². The summed E-state index contributed by atoms with van der Waals surface area (Å²) in [6.07, 6.45) is 2.95. The topological polar surface area (TPSA) is 26.5 Å². The largest absolute Gasteiger partial charge is 0.494 e. The van der Waals surface area contributed by atoms with Gasteiger partial charge in [-0.15, -0.1) is 11.6 Å². The van der Waals surface area contributed by atoms with E-state index in [4.69, 9.17) is 21.3 Å². The van der Waals surface area contributed by atoms with Crippen LogP contribution >= 0.6 is 22.9 Å². The number of ether oxygens (including phenoxy) is 1. The number of hydrogen-bond acceptors (Lipinski definition) is 3. The first kappa shape index (κ1) is 14.5. The van der Waals surface area contributed by atoms with Crippen LogP contribution in [0.2, 0.25) is 0 Å². The van der Waals surface area contributed by atoms with Crippen molar-refractivity contribution in [3.8, 4) is 17.0 Å². The second-order valence-corrected chi connectivity index (χ2v) is 6.65. The third-order valence-electron chi connectivity index (χ3n) is 3.70. The third kappa shape index (κ3) is 2.80. The Morgan fingerprint density at radius 3 is 2.74 bits per heavy atom. The molecule has 0 amide bonds. The second-order valence-electron chi connectivity index (χ2n) is 5.26. The molecular formula is C18H15ClN2OS. The van der Waals surface area contributed by atoms with E-state index in [-0.39, 0.29) is 0 Å². The molecule has 0 saturated heterocycles. The average Bonchev–Trinajstić information content (AvgIpc) is 3.13. The first-order valence-corrected chi connectivity index (χ1v) is 8.86. The molecule has 0 atom stereocenters. The summed E-state index contributed by atoms with van der Waals surface area (Å²) >= 11 is 7.36. The first-order chi connectivity index (χ1) is 11.3. The summed E-state index contributed by atoms with van der Waals surface area (Å²) in [5.74, 6) is 1.49. The summed E-state index contributed by atoms with van der Waals surface area (Å²) in [7, 11) is 0. The number of nitrogens with zero attached hydrogens (tertiary/aromatic N) is 2. The van der Waals surface area contributed by atoms with E-state index in [1.807, 2.05) is 24.3 Å². The summed E-state index contributed by atoms with van der Waals surface area (Å²) in [6.45, 7) is 0.648. The molecule has 0 unspecified atom stereocenters. The molecule has 0 radical (unpaired) electrons. The van der Waals surface area contributed by atoms with E-state index < -0.39 is 0 Å². The molecule has 3 nitrogen and oxygen atoms in total. The highest BCUT2D eigenvalue weighted by atomic mass is 35.5. The van der Waals surface area contributed by atoms with Crippen LogP contribution in [0.5, 0.6) is 5.75 Å². The van der Waals surface area contributed by atoms with Gasteiger partial charge in [-0.3, -0.25) is 4.40 Å². The molecule has 116 valence electrons. The fourth-order valence-electron chi connectivity index (χ4n) is 2.55. The van der Waals surface area contributed by atoms with Gasteiger partial charge in [-0.1, -0.05) is 23.5 Å². The van der Waals surface area contributed by atoms with Crippen LogP contribution in [0.25, 0.3) is 26.4 Å². The maximum Gasteiger partial charge on any atom is 0.195 e. The summed E-state index contributed by atoms with van der Waals surface area (Å²) in [5.41, 5.74) is 3.27. The van der Waals surface area contributed by atoms with E-state index in [0.717, 1.165) is 28.4 Å². The standard InChI is InChI=1S/C18H15ClN2OS/c19-10-3-11-22-14-8-6-13(7-9-14)15-12-21-16-4-1-2-5-17(16)23-18(21)20-15/h1-2,4-9,12H,3,10-11H2. The normalized spacial score (nSPS) is 11.3. The Morgan fingerprint density at radius 1 is 1.09 bits per heavy atom. The predicted octanol–water partition coefficient (Wildman–Crippen LogP) is 5.22. The molecule has 0 N–H and O–H groups in total. The summed E-state index contributed by atoms with van der Waals surface area (Å²) in [6, 6.07) is 16.4. The van der Waals surface area contributed by atoms with Gasteiger partial charge in [-0.05, 0) is 42.8 Å². The van der Waals surface area contributed by atoms with Crippen LogP contribution in [-0.2, 0) is 0 Å². The lowest BCUT2D eigenvalue weighted by molar-refractivity contribution is 0.318. The van der Waals surface area contributed by atoms with Crippen LogP contribution < -0.4 is 4.74 Å². The van der Waals surface area contributed by atoms with E-state index in [0.29, 0.717) is 12.5 Å². The lowest BCUT2D eigenvalue weighted by Gasteiger charge is -2.05. The first-order valence-electron chi connectivity index (χ1n) is 7.51. The van der Waals surface area contributed by atoms with Crippen LogP contribution in [0.3, 0.4) is 0 Å². The molecule has 2 aromatic heterocycles. The fraction of sp³-hybridized carbons (Fsp3) is 0.167. The van der Waals surface area contributed by atoms with Crippen molar-refractivity contribution in [3.05, 3.63) is 54.7 Å². The van der Waals surface area contributed by atoms with Crippen molar-refractivity contribution in [1.29, 1.82) is 0 Å². The van der Waals surface area contributed by atoms with Gasteiger partial charge in [0.2, 0.25) is 0 Å². The van der Waals surface area contributed by atoms with Crippen LogP contribution in [0.15, 0.2) is 54.7 Å². The highest BCUT2D eigenvalue weighted by Crippen LogP contribution is 2.29. The van der Waals surface area contributed by atoms with Gasteiger partial charge < -0.3 is 4.74 Å². The van der Waals surface area contributed by atoms with E-state index in [1.54, 1.807) is 11.3 Å². The van der Waals surface area contributed by atoms with Crippen molar-refractivity contribution < 1.29 is 4.74 Å². The van der Waals surface area contributed by atoms with Gasteiger partial charge in [-0.2, -0.15) is 0 Å². The number of rotatable bonds is 5. The lowest BCUT2D eigenvalue weighted by Crippen LogP contribution is -1.97. The lowest BCUT2D eigenvalue weighted by atomic mass is 10.1. The quantitative estimate of drug-likeness (QED) is 0.367. The number of aromatic nitrogens is 2. The predicted molar refractivity (Wildman–Crippen MR) is 96.8 cm³/mol. The number of imidazole rings is 1. The van der Waals surface area contributed by atoms with Gasteiger partial charge in [0.25, 0.3) is 0 Å². The summed E-state index contributed by atoms with van der Waals surface area (Å²) in [4.78, 5) is 5.77. The average molecular weight is 343 g/mol. The van der Waals surface area contributed by atoms with Crippen LogP contribution in [0.4, 0.5) is 0 Å². The van der Waals surface area contributed by atoms with Crippen molar-refractivity contribution in [3.63, 3.8) is 0 Å². The number of benzene rings is 2. The zero-order valence-electron chi connectivity index (χ0n) is 12.4. The minimum atomic E-state index is 0.622. The van der Waals surface area contributed by atoms with Crippen molar-refractivity contribution in [2.75, 3.05) is 12.5 Å². The minimum absolute atomic E-state index is 0.622. The van der Waals surface area contributed by atoms with Gasteiger partial charge >= 0.3 is 0 Å². The highest BCUT2D eigenvalue weighted by molar-refractivity contribution is 7.23. The van der Waals surface area contributed by atoms with E-state index in [2.05, 4.69) is 34.9 Å². The van der Waals surface area contributed by atoms with Crippen LogP contribution in [0, 0.1) is 0 Å². The molecule has 2 aromatic carbocycles. The van der Waals surface area contributed by atoms with Crippen molar-refractivity contribution in [2.45, 2.75) is 6.42 Å². The van der Waals surface area contributed by atoms with Crippen LogP contribution in [-0.4, -0.2) is 21.9 Å². The van der Waals surface area contributed by atoms with Crippen molar-refractivity contribution >= 4 is 38.1 Å². The zero-order chi connectivity index (χ0) is 15.6. The smallest absolute Gasteiger partial charge is 0.195 e. The van der Waals surface area contributed by atoms with Crippen molar-refractivity contribution in [2.24, 2.45) is 0 Å². The molecular weight excluding hydrogens is 328 g/mol.